The number of hydrogen-bond acceptors (Lipinski definition) is 4. The predicted octanol–water partition coefficient (Wildman–Crippen LogP) is 2.93. The fourth-order valence-corrected chi connectivity index (χ4v) is 1.85. The summed E-state index contributed by atoms with van der Waals surface area (Å²) in [4.78, 5) is 4.27. The lowest BCUT2D eigenvalue weighted by molar-refractivity contribution is 0.122. The van der Waals surface area contributed by atoms with Gasteiger partial charge in [0.25, 0.3) is 0 Å². The molecule has 108 valence electrons. The van der Waals surface area contributed by atoms with Crippen molar-refractivity contribution in [3.63, 3.8) is 0 Å². The van der Waals surface area contributed by atoms with Gasteiger partial charge in [0.05, 0.1) is 26.0 Å². The van der Waals surface area contributed by atoms with E-state index in [9.17, 15) is 0 Å². The smallest absolute Gasteiger partial charge is 0.123 e. The zero-order valence-corrected chi connectivity index (χ0v) is 12.1. The number of pyridine rings is 1. The van der Waals surface area contributed by atoms with Crippen molar-refractivity contribution >= 4 is 0 Å². The zero-order valence-electron chi connectivity index (χ0n) is 12.1. The summed E-state index contributed by atoms with van der Waals surface area (Å²) in [5.74, 6) is 0.955. The van der Waals surface area contributed by atoms with E-state index in [-0.39, 0.29) is 0 Å². The molecule has 2 aromatic rings. The van der Waals surface area contributed by atoms with Gasteiger partial charge in [-0.05, 0) is 18.2 Å². The zero-order chi connectivity index (χ0) is 14.2. The van der Waals surface area contributed by atoms with E-state index in [1.54, 1.807) is 12.5 Å². The molecule has 0 amide bonds. The lowest BCUT2D eigenvalue weighted by atomic mass is 10.2. The van der Waals surface area contributed by atoms with Gasteiger partial charge in [-0.3, -0.25) is 4.98 Å². The molecule has 20 heavy (non-hydrogen) atoms. The molecule has 2 aromatic heterocycles. The van der Waals surface area contributed by atoms with E-state index in [0.717, 1.165) is 30.0 Å². The van der Waals surface area contributed by atoms with Crippen molar-refractivity contribution in [3.05, 3.63) is 53.7 Å². The highest BCUT2D eigenvalue weighted by Gasteiger charge is 2.07. The number of rotatable bonds is 8. The minimum atomic E-state index is 0.443. The first kappa shape index (κ1) is 14.8. The Kier molecular flexibility index (Phi) is 5.77. The van der Waals surface area contributed by atoms with Crippen molar-refractivity contribution in [2.24, 2.45) is 0 Å². The fraction of sp³-hybridized carbons (Fsp3) is 0.438. The van der Waals surface area contributed by atoms with Gasteiger partial charge in [0.2, 0.25) is 0 Å². The molecule has 0 aromatic carbocycles. The van der Waals surface area contributed by atoms with Crippen molar-refractivity contribution in [2.75, 3.05) is 6.61 Å². The predicted molar refractivity (Wildman–Crippen MR) is 78.3 cm³/mol. The van der Waals surface area contributed by atoms with Crippen LogP contribution >= 0.6 is 0 Å². The van der Waals surface area contributed by atoms with Crippen LogP contribution in [0.25, 0.3) is 0 Å². The molecule has 0 aliphatic heterocycles. The van der Waals surface area contributed by atoms with E-state index in [0.29, 0.717) is 19.3 Å². The van der Waals surface area contributed by atoms with Crippen molar-refractivity contribution in [1.82, 2.24) is 10.3 Å². The Morgan fingerprint density at radius 2 is 2.20 bits per heavy atom. The number of nitrogens with one attached hydrogen (secondary N) is 1. The molecule has 0 saturated carbocycles. The quantitative estimate of drug-likeness (QED) is 0.752. The molecule has 4 heteroatoms. The summed E-state index contributed by atoms with van der Waals surface area (Å²) in [6, 6.07) is 8.34. The molecule has 2 heterocycles. The maximum atomic E-state index is 5.70. The molecule has 0 fully saturated rings. The summed E-state index contributed by atoms with van der Waals surface area (Å²) < 4.78 is 11.2. The molecule has 2 rings (SSSR count). The molecule has 0 saturated heterocycles. The van der Waals surface area contributed by atoms with Crippen LogP contribution in [0.4, 0.5) is 0 Å². The second kappa shape index (κ2) is 7.82. The Balaban J connectivity index is 1.73. The van der Waals surface area contributed by atoms with Crippen molar-refractivity contribution in [3.8, 4) is 0 Å². The van der Waals surface area contributed by atoms with Crippen LogP contribution in [0.5, 0.6) is 0 Å². The van der Waals surface area contributed by atoms with E-state index in [2.05, 4.69) is 24.1 Å². The van der Waals surface area contributed by atoms with Gasteiger partial charge < -0.3 is 14.5 Å². The molecule has 4 nitrogen and oxygen atoms in total. The van der Waals surface area contributed by atoms with Crippen LogP contribution in [0, 0.1) is 0 Å². The summed E-state index contributed by atoms with van der Waals surface area (Å²) in [7, 11) is 0. The highest BCUT2D eigenvalue weighted by molar-refractivity contribution is 5.16. The molecule has 1 N–H and O–H groups in total. The summed E-state index contributed by atoms with van der Waals surface area (Å²) in [5.41, 5.74) is 2.17. The third-order valence-corrected chi connectivity index (χ3v) is 2.99. The Morgan fingerprint density at radius 3 is 2.95 bits per heavy atom. The van der Waals surface area contributed by atoms with Gasteiger partial charge in [0, 0.05) is 29.9 Å². The molecular formula is C16H22N2O2. The summed E-state index contributed by atoms with van der Waals surface area (Å²) >= 11 is 0. The number of furan rings is 1. The monoisotopic (exact) mass is 274 g/mol. The first-order chi connectivity index (χ1) is 9.75. The highest BCUT2D eigenvalue weighted by Crippen LogP contribution is 2.12. The average molecular weight is 274 g/mol. The third kappa shape index (κ3) is 4.79. The molecular weight excluding hydrogens is 252 g/mol. The number of nitrogens with zero attached hydrogens (tertiary/aromatic N) is 1. The summed E-state index contributed by atoms with van der Waals surface area (Å²) in [5, 5.41) is 3.35. The maximum Gasteiger partial charge on any atom is 0.123 e. The van der Waals surface area contributed by atoms with Crippen LogP contribution in [0.1, 0.15) is 30.9 Å². The normalized spacial score (nSPS) is 11.2. The van der Waals surface area contributed by atoms with Crippen molar-refractivity contribution in [2.45, 2.75) is 39.5 Å². The van der Waals surface area contributed by atoms with Crippen LogP contribution in [0.3, 0.4) is 0 Å². The third-order valence-electron chi connectivity index (χ3n) is 2.99. The Labute approximate surface area is 120 Å². The van der Waals surface area contributed by atoms with Crippen molar-refractivity contribution < 1.29 is 9.15 Å². The topological polar surface area (TPSA) is 47.3 Å². The molecule has 0 spiro atoms. The average Bonchev–Trinajstić information content (AvgIpc) is 2.90. The molecule has 0 bridgehead atoms. The van der Waals surface area contributed by atoms with Crippen molar-refractivity contribution in [1.29, 1.82) is 0 Å². The van der Waals surface area contributed by atoms with Gasteiger partial charge in [-0.25, -0.2) is 0 Å². The fourth-order valence-electron chi connectivity index (χ4n) is 1.85. The molecule has 0 radical (unpaired) electrons. The van der Waals surface area contributed by atoms with Gasteiger partial charge in [-0.1, -0.05) is 19.9 Å². The summed E-state index contributed by atoms with van der Waals surface area (Å²) in [6.45, 7) is 6.22. The van der Waals surface area contributed by atoms with E-state index in [4.69, 9.17) is 9.15 Å². The first-order valence-electron chi connectivity index (χ1n) is 7.02. The largest absolute Gasteiger partial charge is 0.468 e. The van der Waals surface area contributed by atoms with Crippen LogP contribution in [0.15, 0.2) is 41.1 Å². The van der Waals surface area contributed by atoms with Gasteiger partial charge in [0.15, 0.2) is 0 Å². The number of aromatic nitrogens is 1. The molecule has 0 aliphatic carbocycles. The van der Waals surface area contributed by atoms with E-state index < -0.39 is 0 Å². The number of hydrogen-bond donors (Lipinski definition) is 1. The van der Waals surface area contributed by atoms with Crippen LogP contribution in [0.2, 0.25) is 0 Å². The van der Waals surface area contributed by atoms with Crippen LogP contribution < -0.4 is 5.32 Å². The van der Waals surface area contributed by atoms with E-state index >= 15 is 0 Å². The molecule has 0 aliphatic rings. The van der Waals surface area contributed by atoms with Crippen LogP contribution in [-0.2, 0) is 24.3 Å². The van der Waals surface area contributed by atoms with Gasteiger partial charge in [0.1, 0.15) is 5.76 Å². The molecule has 0 unspecified atom stereocenters. The Bertz CT molecular complexity index is 494. The highest BCUT2D eigenvalue weighted by atomic mass is 16.5. The maximum absolute atomic E-state index is 5.70. The van der Waals surface area contributed by atoms with Gasteiger partial charge in [-0.2, -0.15) is 0 Å². The SMILES string of the molecule is CC(C)NCc1occc1COCCc1ccccn1. The molecule has 0 atom stereocenters. The standard InChI is InChI=1S/C16H22N2O2/c1-13(2)18-11-16-14(6-10-20-16)12-19-9-7-15-5-3-4-8-17-15/h3-6,8,10,13,18H,7,9,11-12H2,1-2H3. The lowest BCUT2D eigenvalue weighted by Gasteiger charge is -2.08. The van der Waals surface area contributed by atoms with Crippen LogP contribution in [-0.4, -0.2) is 17.6 Å². The summed E-state index contributed by atoms with van der Waals surface area (Å²) in [6.07, 6.45) is 4.36. The second-order valence-electron chi connectivity index (χ2n) is 5.03. The Hall–Kier alpha value is -1.65. The minimum absolute atomic E-state index is 0.443. The van der Waals surface area contributed by atoms with Gasteiger partial charge in [-0.15, -0.1) is 0 Å². The van der Waals surface area contributed by atoms with E-state index in [1.807, 2.05) is 24.3 Å². The minimum Gasteiger partial charge on any atom is -0.468 e. The Morgan fingerprint density at radius 1 is 1.30 bits per heavy atom. The van der Waals surface area contributed by atoms with Gasteiger partial charge >= 0.3 is 0 Å². The second-order valence-corrected chi connectivity index (χ2v) is 5.03. The lowest BCUT2D eigenvalue weighted by Crippen LogP contribution is -2.22. The first-order valence-corrected chi connectivity index (χ1v) is 7.02. The number of ether oxygens (including phenoxy) is 1. The van der Waals surface area contributed by atoms with E-state index in [1.165, 1.54) is 0 Å².